The first-order valence-corrected chi connectivity index (χ1v) is 9.60. The summed E-state index contributed by atoms with van der Waals surface area (Å²) in [5.74, 6) is -1.74. The van der Waals surface area contributed by atoms with E-state index in [2.05, 4.69) is 0 Å². The van der Waals surface area contributed by atoms with Gasteiger partial charge in [0, 0.05) is 0 Å². The van der Waals surface area contributed by atoms with Crippen molar-refractivity contribution in [1.29, 1.82) is 5.26 Å². The van der Waals surface area contributed by atoms with Crippen LogP contribution in [0.5, 0.6) is 0 Å². The Morgan fingerprint density at radius 1 is 1.21 bits per heavy atom. The summed E-state index contributed by atoms with van der Waals surface area (Å²) in [5, 5.41) is 8.99. The van der Waals surface area contributed by atoms with Gasteiger partial charge in [-0.3, -0.25) is 14.5 Å². The van der Waals surface area contributed by atoms with Crippen LogP contribution in [-0.2, 0) is 25.7 Å². The highest BCUT2D eigenvalue weighted by molar-refractivity contribution is 6.08. The summed E-state index contributed by atoms with van der Waals surface area (Å²) >= 11 is 0. The van der Waals surface area contributed by atoms with Gasteiger partial charge < -0.3 is 4.74 Å². The summed E-state index contributed by atoms with van der Waals surface area (Å²) < 4.78 is 5.44. The number of esters is 1. The predicted octanol–water partition coefficient (Wildman–Crippen LogP) is 2.97. The summed E-state index contributed by atoms with van der Waals surface area (Å²) in [6.07, 6.45) is 5.29. The van der Waals surface area contributed by atoms with Gasteiger partial charge in [0.2, 0.25) is 11.8 Å². The number of imide groups is 1. The fourth-order valence-corrected chi connectivity index (χ4v) is 3.87. The topological polar surface area (TPSA) is 87.5 Å². The molecule has 6 heteroatoms. The summed E-state index contributed by atoms with van der Waals surface area (Å²) in [7, 11) is 0. The number of nitrogens with zero attached hydrogens (tertiary/aromatic N) is 2. The molecule has 6 nitrogen and oxygen atoms in total. The van der Waals surface area contributed by atoms with Crippen LogP contribution in [0.15, 0.2) is 36.4 Å². The van der Waals surface area contributed by atoms with E-state index in [0.717, 1.165) is 4.90 Å². The molecule has 1 saturated heterocycles. The van der Waals surface area contributed by atoms with Crippen LogP contribution >= 0.6 is 0 Å². The number of carbonyl (C=O) groups is 3. The monoisotopic (exact) mass is 380 g/mol. The summed E-state index contributed by atoms with van der Waals surface area (Å²) in [6, 6.07) is 7.94. The summed E-state index contributed by atoms with van der Waals surface area (Å²) in [4.78, 5) is 39.7. The molecule has 3 unspecified atom stereocenters. The molecule has 1 aromatic rings. The zero-order valence-corrected chi connectivity index (χ0v) is 16.1. The predicted molar refractivity (Wildman–Crippen MR) is 101 cm³/mol. The van der Waals surface area contributed by atoms with E-state index in [-0.39, 0.29) is 36.2 Å². The average molecular weight is 380 g/mol. The third-order valence-electron chi connectivity index (χ3n) is 5.26. The molecule has 1 aromatic carbocycles. The van der Waals surface area contributed by atoms with Crippen molar-refractivity contribution in [2.75, 3.05) is 0 Å². The van der Waals surface area contributed by atoms with Crippen LogP contribution in [0.25, 0.3) is 0 Å². The van der Waals surface area contributed by atoms with E-state index < -0.39 is 12.0 Å². The lowest BCUT2D eigenvalue weighted by Gasteiger charge is -2.26. The number of amides is 2. The molecule has 0 bridgehead atoms. The van der Waals surface area contributed by atoms with Crippen molar-refractivity contribution in [3.05, 3.63) is 47.5 Å². The lowest BCUT2D eigenvalue weighted by Crippen LogP contribution is -2.47. The highest BCUT2D eigenvalue weighted by Gasteiger charge is 2.51. The zero-order chi connectivity index (χ0) is 20.3. The number of hydrogen-bond acceptors (Lipinski definition) is 5. The highest BCUT2D eigenvalue weighted by Crippen LogP contribution is 2.37. The number of likely N-dealkylation sites (tertiary alicyclic amines) is 1. The molecule has 1 heterocycles. The molecule has 1 fully saturated rings. The minimum atomic E-state index is -0.912. The number of nitriles is 1. The number of ether oxygens (including phenoxy) is 1. The third kappa shape index (κ3) is 3.99. The van der Waals surface area contributed by atoms with E-state index in [0.29, 0.717) is 30.4 Å². The fraction of sp³-hybridized carbons (Fsp3) is 0.455. The second-order valence-corrected chi connectivity index (χ2v) is 7.77. The van der Waals surface area contributed by atoms with E-state index in [1.165, 1.54) is 0 Å². The maximum atomic E-state index is 12.9. The Hall–Kier alpha value is -2.94. The second-order valence-electron chi connectivity index (χ2n) is 7.77. The van der Waals surface area contributed by atoms with E-state index in [9.17, 15) is 14.4 Å². The van der Waals surface area contributed by atoms with Crippen LogP contribution in [0.3, 0.4) is 0 Å². The van der Waals surface area contributed by atoms with Gasteiger partial charge >= 0.3 is 5.97 Å². The van der Waals surface area contributed by atoms with Gasteiger partial charge in [0.1, 0.15) is 12.6 Å². The Labute approximate surface area is 164 Å². The van der Waals surface area contributed by atoms with Crippen molar-refractivity contribution < 1.29 is 19.1 Å². The minimum Gasteiger partial charge on any atom is -0.459 e. The quantitative estimate of drug-likeness (QED) is 0.430. The van der Waals surface area contributed by atoms with E-state index in [1.807, 2.05) is 32.1 Å². The van der Waals surface area contributed by atoms with Crippen molar-refractivity contribution in [3.8, 4) is 6.07 Å². The van der Waals surface area contributed by atoms with Gasteiger partial charge in [-0.2, -0.15) is 5.26 Å². The van der Waals surface area contributed by atoms with Gasteiger partial charge in [-0.05, 0) is 42.9 Å². The number of benzene rings is 1. The van der Waals surface area contributed by atoms with Crippen LogP contribution in [-0.4, -0.2) is 28.7 Å². The Kier molecular flexibility index (Phi) is 5.93. The smallest absolute Gasteiger partial charge is 0.329 e. The standard InChI is InChI=1S/C22H24N2O4/c1-14(2)10-19(22(27)28-13-16-7-5-6-15(11-16)12-23)24-20(25)17-8-3-4-9-18(17)21(24)26/h3-7,11,14,17-19H,8-10,13H2,1-2H3. The van der Waals surface area contributed by atoms with E-state index in [4.69, 9.17) is 10.00 Å². The molecular weight excluding hydrogens is 356 g/mol. The SMILES string of the molecule is CC(C)CC(C(=O)OCc1cccc(C#N)c1)N1C(=O)C2CC=CCC2C1=O. The average Bonchev–Trinajstić information content (AvgIpc) is 2.95. The molecule has 0 N–H and O–H groups in total. The van der Waals surface area contributed by atoms with Gasteiger partial charge in [-0.25, -0.2) is 4.79 Å². The number of hydrogen-bond donors (Lipinski definition) is 0. The molecule has 2 aliphatic rings. The van der Waals surface area contributed by atoms with Gasteiger partial charge in [-0.1, -0.05) is 38.1 Å². The van der Waals surface area contributed by atoms with Crippen molar-refractivity contribution in [1.82, 2.24) is 4.90 Å². The minimum absolute atomic E-state index is 0.00637. The van der Waals surface area contributed by atoms with Crippen LogP contribution in [0.1, 0.15) is 44.2 Å². The first-order valence-electron chi connectivity index (χ1n) is 9.60. The molecule has 2 amide bonds. The normalized spacial score (nSPS) is 22.1. The van der Waals surface area contributed by atoms with Crippen molar-refractivity contribution in [2.45, 2.75) is 45.8 Å². The molecule has 0 aromatic heterocycles. The molecule has 0 spiro atoms. The molecule has 3 atom stereocenters. The van der Waals surface area contributed by atoms with Gasteiger partial charge in [0.25, 0.3) is 0 Å². The van der Waals surface area contributed by atoms with Gasteiger partial charge in [-0.15, -0.1) is 0 Å². The molecule has 3 rings (SSSR count). The van der Waals surface area contributed by atoms with Crippen LogP contribution < -0.4 is 0 Å². The van der Waals surface area contributed by atoms with E-state index in [1.54, 1.807) is 24.3 Å². The molecule has 1 aliphatic heterocycles. The maximum absolute atomic E-state index is 12.9. The fourth-order valence-electron chi connectivity index (χ4n) is 3.87. The first kappa shape index (κ1) is 19.8. The van der Waals surface area contributed by atoms with Gasteiger partial charge in [0.15, 0.2) is 0 Å². The van der Waals surface area contributed by atoms with Gasteiger partial charge in [0.05, 0.1) is 23.5 Å². The molecule has 146 valence electrons. The van der Waals surface area contributed by atoms with Crippen molar-refractivity contribution >= 4 is 17.8 Å². The maximum Gasteiger partial charge on any atom is 0.329 e. The number of rotatable bonds is 6. The molecule has 1 aliphatic carbocycles. The molecular formula is C22H24N2O4. The number of fused-ring (bicyclic) bond motifs is 1. The lowest BCUT2D eigenvalue weighted by molar-refractivity contribution is -0.160. The summed E-state index contributed by atoms with van der Waals surface area (Å²) in [6.45, 7) is 3.88. The number of carbonyl (C=O) groups excluding carboxylic acids is 3. The molecule has 0 saturated carbocycles. The van der Waals surface area contributed by atoms with Crippen LogP contribution in [0.2, 0.25) is 0 Å². The Bertz CT molecular complexity index is 826. The highest BCUT2D eigenvalue weighted by atomic mass is 16.5. The van der Waals surface area contributed by atoms with Crippen LogP contribution in [0, 0.1) is 29.1 Å². The lowest BCUT2D eigenvalue weighted by atomic mass is 9.85. The second kappa shape index (κ2) is 8.39. The Balaban J connectivity index is 1.76. The third-order valence-corrected chi connectivity index (χ3v) is 5.26. The van der Waals surface area contributed by atoms with Crippen LogP contribution in [0.4, 0.5) is 0 Å². The molecule has 0 radical (unpaired) electrons. The molecule has 28 heavy (non-hydrogen) atoms. The first-order chi connectivity index (χ1) is 13.4. The zero-order valence-electron chi connectivity index (χ0n) is 16.1. The number of allylic oxidation sites excluding steroid dienone is 2. The van der Waals surface area contributed by atoms with E-state index >= 15 is 0 Å². The Morgan fingerprint density at radius 2 is 1.86 bits per heavy atom. The van der Waals surface area contributed by atoms with Crippen molar-refractivity contribution in [2.24, 2.45) is 17.8 Å². The Morgan fingerprint density at radius 3 is 2.43 bits per heavy atom. The van der Waals surface area contributed by atoms with Crippen molar-refractivity contribution in [3.63, 3.8) is 0 Å². The summed E-state index contributed by atoms with van der Waals surface area (Å²) in [5.41, 5.74) is 1.17. The largest absolute Gasteiger partial charge is 0.459 e.